The van der Waals surface area contributed by atoms with Gasteiger partial charge in [0.1, 0.15) is 11.6 Å². The Morgan fingerprint density at radius 1 is 1.12 bits per heavy atom. The third-order valence-corrected chi connectivity index (χ3v) is 2.54. The van der Waals surface area contributed by atoms with Crippen molar-refractivity contribution in [1.29, 1.82) is 0 Å². The van der Waals surface area contributed by atoms with Crippen molar-refractivity contribution in [2.45, 2.75) is 59.8 Å². The van der Waals surface area contributed by atoms with E-state index in [9.17, 15) is 9.59 Å². The summed E-state index contributed by atoms with van der Waals surface area (Å²) in [6.45, 7) is 7.81. The molecule has 0 aliphatic carbocycles. The molecule has 0 aromatic carbocycles. The van der Waals surface area contributed by atoms with Crippen LogP contribution in [0.3, 0.4) is 0 Å². The second-order valence-corrected chi connectivity index (χ2v) is 4.91. The van der Waals surface area contributed by atoms with Crippen molar-refractivity contribution in [1.82, 2.24) is 0 Å². The van der Waals surface area contributed by atoms with Crippen LogP contribution < -0.4 is 0 Å². The molecule has 0 fully saturated rings. The van der Waals surface area contributed by atoms with Crippen LogP contribution in [0.15, 0.2) is 11.6 Å². The Balaban J connectivity index is 3.70. The summed E-state index contributed by atoms with van der Waals surface area (Å²) in [7, 11) is 0. The van der Waals surface area contributed by atoms with Crippen molar-refractivity contribution in [3.63, 3.8) is 0 Å². The van der Waals surface area contributed by atoms with Crippen LogP contribution in [0.5, 0.6) is 0 Å². The fraction of sp³-hybridized carbons (Fsp3) is 0.714. The normalized spacial score (nSPS) is 12.0. The first kappa shape index (κ1) is 15.1. The summed E-state index contributed by atoms with van der Waals surface area (Å²) in [5.41, 5.74) is 1.33. The molecule has 0 aliphatic rings. The summed E-state index contributed by atoms with van der Waals surface area (Å²) in [5, 5.41) is 0. The summed E-state index contributed by atoms with van der Waals surface area (Å²) in [5.74, 6) is 0.750. The lowest BCUT2D eigenvalue weighted by atomic mass is 9.96. The number of rotatable bonds is 8. The highest BCUT2D eigenvalue weighted by Crippen LogP contribution is 2.13. The zero-order chi connectivity index (χ0) is 12.6. The van der Waals surface area contributed by atoms with Gasteiger partial charge in [-0.15, -0.1) is 0 Å². The molecule has 0 aliphatic heterocycles. The molecule has 0 saturated carbocycles. The number of carbonyl (C=O) groups is 2. The van der Waals surface area contributed by atoms with E-state index >= 15 is 0 Å². The van der Waals surface area contributed by atoms with Crippen molar-refractivity contribution >= 4 is 11.6 Å². The Morgan fingerprint density at radius 2 is 1.75 bits per heavy atom. The smallest absolute Gasteiger partial charge is 0.133 e. The van der Waals surface area contributed by atoms with Gasteiger partial charge in [-0.1, -0.05) is 18.6 Å². The van der Waals surface area contributed by atoms with Gasteiger partial charge in [0.2, 0.25) is 0 Å². The lowest BCUT2D eigenvalue weighted by molar-refractivity contribution is -0.123. The quantitative estimate of drug-likeness (QED) is 0.589. The Hall–Kier alpha value is -0.920. The molecule has 2 nitrogen and oxygen atoms in total. The van der Waals surface area contributed by atoms with Crippen LogP contribution in [0, 0.1) is 5.92 Å². The molecule has 0 aromatic heterocycles. The largest absolute Gasteiger partial charge is 0.300 e. The monoisotopic (exact) mass is 224 g/mol. The third-order valence-electron chi connectivity index (χ3n) is 2.54. The van der Waals surface area contributed by atoms with E-state index in [0.29, 0.717) is 25.2 Å². The standard InChI is InChI=1S/C14H24O2/c1-11(2)6-5-7-12(3)10-14(16)9-8-13(4)15/h6,12H,5,7-10H2,1-4H3. The average molecular weight is 224 g/mol. The lowest BCUT2D eigenvalue weighted by Crippen LogP contribution is -2.07. The maximum absolute atomic E-state index is 11.5. The van der Waals surface area contributed by atoms with E-state index in [-0.39, 0.29) is 11.6 Å². The molecule has 0 bridgehead atoms. The first-order valence-corrected chi connectivity index (χ1v) is 6.06. The zero-order valence-electron chi connectivity index (χ0n) is 11.0. The number of allylic oxidation sites excluding steroid dienone is 2. The minimum absolute atomic E-state index is 0.102. The fourth-order valence-electron chi connectivity index (χ4n) is 1.56. The molecule has 0 aromatic rings. The lowest BCUT2D eigenvalue weighted by Gasteiger charge is -2.08. The fourth-order valence-corrected chi connectivity index (χ4v) is 1.56. The topological polar surface area (TPSA) is 34.1 Å². The highest BCUT2D eigenvalue weighted by atomic mass is 16.1. The van der Waals surface area contributed by atoms with Gasteiger partial charge in [-0.25, -0.2) is 0 Å². The van der Waals surface area contributed by atoms with E-state index in [1.54, 1.807) is 0 Å². The van der Waals surface area contributed by atoms with Crippen molar-refractivity contribution in [2.75, 3.05) is 0 Å². The molecule has 0 radical (unpaired) electrons. The number of ketones is 2. The predicted octanol–water partition coefficient (Wildman–Crippen LogP) is 3.70. The summed E-state index contributed by atoms with van der Waals surface area (Å²) in [4.78, 5) is 22.2. The van der Waals surface area contributed by atoms with Crippen molar-refractivity contribution in [3.05, 3.63) is 11.6 Å². The van der Waals surface area contributed by atoms with Crippen LogP contribution in [0.4, 0.5) is 0 Å². The Labute approximate surface area is 99.1 Å². The van der Waals surface area contributed by atoms with Crippen molar-refractivity contribution < 1.29 is 9.59 Å². The van der Waals surface area contributed by atoms with E-state index in [0.717, 1.165) is 12.8 Å². The molecule has 0 spiro atoms. The van der Waals surface area contributed by atoms with Crippen LogP contribution >= 0.6 is 0 Å². The second-order valence-electron chi connectivity index (χ2n) is 4.91. The van der Waals surface area contributed by atoms with E-state index in [1.165, 1.54) is 12.5 Å². The van der Waals surface area contributed by atoms with E-state index in [1.807, 2.05) is 0 Å². The summed E-state index contributed by atoms with van der Waals surface area (Å²) < 4.78 is 0. The van der Waals surface area contributed by atoms with E-state index in [2.05, 4.69) is 26.8 Å². The summed E-state index contributed by atoms with van der Waals surface area (Å²) in [6, 6.07) is 0. The Kier molecular flexibility index (Phi) is 7.78. The third kappa shape index (κ3) is 9.63. The maximum atomic E-state index is 11.5. The van der Waals surface area contributed by atoms with Gasteiger partial charge in [0.15, 0.2) is 0 Å². The van der Waals surface area contributed by atoms with E-state index < -0.39 is 0 Å². The van der Waals surface area contributed by atoms with Gasteiger partial charge in [0.25, 0.3) is 0 Å². The van der Waals surface area contributed by atoms with Gasteiger partial charge in [0.05, 0.1) is 0 Å². The first-order chi connectivity index (χ1) is 7.41. The van der Waals surface area contributed by atoms with Crippen LogP contribution in [0.1, 0.15) is 59.8 Å². The van der Waals surface area contributed by atoms with Crippen LogP contribution in [-0.2, 0) is 9.59 Å². The van der Waals surface area contributed by atoms with Gasteiger partial charge in [-0.3, -0.25) is 4.79 Å². The van der Waals surface area contributed by atoms with Gasteiger partial charge < -0.3 is 4.79 Å². The van der Waals surface area contributed by atoms with E-state index in [4.69, 9.17) is 0 Å². The van der Waals surface area contributed by atoms with Gasteiger partial charge in [-0.05, 0) is 39.5 Å². The number of Topliss-reactive ketones (excluding diaryl/α,β-unsaturated/α-hetero) is 2. The van der Waals surface area contributed by atoms with Gasteiger partial charge in [0, 0.05) is 19.3 Å². The Morgan fingerprint density at radius 3 is 2.25 bits per heavy atom. The molecule has 1 atom stereocenters. The maximum Gasteiger partial charge on any atom is 0.133 e. The highest BCUT2D eigenvalue weighted by Gasteiger charge is 2.09. The molecule has 0 heterocycles. The average Bonchev–Trinajstić information content (AvgIpc) is 2.14. The number of hydrogen-bond donors (Lipinski definition) is 0. The van der Waals surface area contributed by atoms with Gasteiger partial charge >= 0.3 is 0 Å². The molecule has 0 rings (SSSR count). The van der Waals surface area contributed by atoms with Crippen molar-refractivity contribution in [3.8, 4) is 0 Å². The molecule has 0 saturated heterocycles. The first-order valence-electron chi connectivity index (χ1n) is 6.06. The Bertz CT molecular complexity index is 260. The SMILES string of the molecule is CC(=O)CCC(=O)CC(C)CCC=C(C)C. The molecule has 92 valence electrons. The molecule has 0 amide bonds. The minimum atomic E-state index is 0.102. The minimum Gasteiger partial charge on any atom is -0.300 e. The molecule has 2 heteroatoms. The predicted molar refractivity (Wildman–Crippen MR) is 67.4 cm³/mol. The summed E-state index contributed by atoms with van der Waals surface area (Å²) in [6.07, 6.45) is 5.74. The van der Waals surface area contributed by atoms with Gasteiger partial charge in [-0.2, -0.15) is 0 Å². The van der Waals surface area contributed by atoms with Crippen LogP contribution in [-0.4, -0.2) is 11.6 Å². The number of hydrogen-bond acceptors (Lipinski definition) is 2. The van der Waals surface area contributed by atoms with Crippen molar-refractivity contribution in [2.24, 2.45) is 5.92 Å². The highest BCUT2D eigenvalue weighted by molar-refractivity contribution is 5.84. The van der Waals surface area contributed by atoms with Crippen LogP contribution in [0.25, 0.3) is 0 Å². The second kappa shape index (κ2) is 8.26. The van der Waals surface area contributed by atoms with Crippen LogP contribution in [0.2, 0.25) is 0 Å². The molecule has 0 N–H and O–H groups in total. The molecular weight excluding hydrogens is 200 g/mol. The molecule has 16 heavy (non-hydrogen) atoms. The summed E-state index contributed by atoms with van der Waals surface area (Å²) >= 11 is 0. The zero-order valence-corrected chi connectivity index (χ0v) is 11.0. The molecular formula is C14H24O2. The number of carbonyl (C=O) groups excluding carboxylic acids is 2. The molecule has 1 unspecified atom stereocenters.